The van der Waals surface area contributed by atoms with Crippen LogP contribution in [0, 0.1) is 0 Å². The van der Waals surface area contributed by atoms with Gasteiger partial charge in [-0.1, -0.05) is 6.42 Å². The molecule has 1 heterocycles. The fourth-order valence-corrected chi connectivity index (χ4v) is 2.12. The Morgan fingerprint density at radius 2 is 1.42 bits per heavy atom. The molecule has 0 spiro atoms. The third-order valence-electron chi connectivity index (χ3n) is 3.89. The van der Waals surface area contributed by atoms with Gasteiger partial charge in [0, 0.05) is 13.2 Å². The molecule has 0 bridgehead atoms. The van der Waals surface area contributed by atoms with Gasteiger partial charge >= 0.3 is 7.12 Å². The van der Waals surface area contributed by atoms with E-state index in [4.69, 9.17) is 18.8 Å². The van der Waals surface area contributed by atoms with Crippen LogP contribution in [0.4, 0.5) is 0 Å². The summed E-state index contributed by atoms with van der Waals surface area (Å²) in [6.45, 7) is 13.7. The second-order valence-electron chi connectivity index (χ2n) is 5.96. The predicted octanol–water partition coefficient (Wildman–Crippen LogP) is 3.26. The highest BCUT2D eigenvalue weighted by atomic mass is 16.7. The van der Waals surface area contributed by atoms with E-state index in [1.165, 1.54) is 0 Å². The second-order valence-corrected chi connectivity index (χ2v) is 5.96. The molecule has 1 aliphatic heterocycles. The molecule has 1 rings (SSSR count). The largest absolute Gasteiger partial charge is 0.457 e. The Kier molecular flexibility index (Phi) is 6.31. The summed E-state index contributed by atoms with van der Waals surface area (Å²) in [4.78, 5) is 0. The maximum absolute atomic E-state index is 5.96. The Morgan fingerprint density at radius 1 is 0.947 bits per heavy atom. The summed E-state index contributed by atoms with van der Waals surface area (Å²) in [5, 5.41) is 0. The van der Waals surface area contributed by atoms with E-state index in [0.717, 1.165) is 19.2 Å². The van der Waals surface area contributed by atoms with Gasteiger partial charge in [0.2, 0.25) is 0 Å². The summed E-state index contributed by atoms with van der Waals surface area (Å²) in [6.07, 6.45) is 2.63. The molecule has 0 radical (unpaired) electrons. The quantitative estimate of drug-likeness (QED) is 0.502. The van der Waals surface area contributed by atoms with E-state index >= 15 is 0 Å². The van der Waals surface area contributed by atoms with Crippen molar-refractivity contribution in [1.29, 1.82) is 0 Å². The van der Waals surface area contributed by atoms with E-state index in [1.807, 2.05) is 13.8 Å². The highest BCUT2D eigenvalue weighted by molar-refractivity contribution is 6.45. The van der Waals surface area contributed by atoms with Crippen LogP contribution in [-0.2, 0) is 18.8 Å². The van der Waals surface area contributed by atoms with Gasteiger partial charge in [0.15, 0.2) is 6.29 Å². The molecular formula is C14H29BO4. The zero-order chi connectivity index (χ0) is 14.5. The van der Waals surface area contributed by atoms with Gasteiger partial charge in [-0.3, -0.25) is 0 Å². The van der Waals surface area contributed by atoms with Crippen LogP contribution in [0.1, 0.15) is 54.4 Å². The Labute approximate surface area is 118 Å². The molecule has 1 fully saturated rings. The third-order valence-corrected chi connectivity index (χ3v) is 3.89. The molecular weight excluding hydrogens is 243 g/mol. The lowest BCUT2D eigenvalue weighted by molar-refractivity contribution is -0.139. The van der Waals surface area contributed by atoms with E-state index < -0.39 is 0 Å². The van der Waals surface area contributed by atoms with E-state index in [-0.39, 0.29) is 24.6 Å². The van der Waals surface area contributed by atoms with Crippen molar-refractivity contribution in [1.82, 2.24) is 0 Å². The summed E-state index contributed by atoms with van der Waals surface area (Å²) >= 11 is 0. The molecule has 0 N–H and O–H groups in total. The highest BCUT2D eigenvalue weighted by Crippen LogP contribution is 2.38. The molecule has 0 saturated carbocycles. The smallest absolute Gasteiger partial charge is 0.403 e. The fraction of sp³-hybridized carbons (Fsp3) is 1.00. The van der Waals surface area contributed by atoms with Crippen molar-refractivity contribution < 1.29 is 18.8 Å². The van der Waals surface area contributed by atoms with Gasteiger partial charge in [0.1, 0.15) is 0 Å². The van der Waals surface area contributed by atoms with Crippen molar-refractivity contribution in [3.05, 3.63) is 0 Å². The zero-order valence-corrected chi connectivity index (χ0v) is 13.3. The van der Waals surface area contributed by atoms with Crippen LogP contribution in [0.2, 0.25) is 6.32 Å². The van der Waals surface area contributed by atoms with Crippen LogP contribution >= 0.6 is 0 Å². The number of rotatable bonds is 8. The Hall–Kier alpha value is -0.0951. The van der Waals surface area contributed by atoms with E-state index in [1.54, 1.807) is 0 Å². The van der Waals surface area contributed by atoms with E-state index in [9.17, 15) is 0 Å². The molecule has 0 aromatic heterocycles. The third kappa shape index (κ3) is 4.74. The maximum Gasteiger partial charge on any atom is 0.457 e. The number of hydrogen-bond acceptors (Lipinski definition) is 4. The summed E-state index contributed by atoms with van der Waals surface area (Å²) in [5.41, 5.74) is -0.478. The molecule has 5 heteroatoms. The second kappa shape index (κ2) is 7.07. The first-order valence-corrected chi connectivity index (χ1v) is 7.41. The molecule has 112 valence electrons. The topological polar surface area (TPSA) is 36.9 Å². The minimum absolute atomic E-state index is 0.0996. The molecule has 1 aliphatic rings. The maximum atomic E-state index is 5.96. The van der Waals surface area contributed by atoms with Crippen LogP contribution in [-0.4, -0.2) is 37.8 Å². The predicted molar refractivity (Wildman–Crippen MR) is 77.2 cm³/mol. The van der Waals surface area contributed by atoms with Gasteiger partial charge in [-0.2, -0.15) is 0 Å². The van der Waals surface area contributed by atoms with Gasteiger partial charge in [-0.05, 0) is 54.3 Å². The van der Waals surface area contributed by atoms with Crippen LogP contribution < -0.4 is 0 Å². The monoisotopic (exact) mass is 272 g/mol. The lowest BCUT2D eigenvalue weighted by Gasteiger charge is -2.32. The Bertz CT molecular complexity index is 246. The standard InChI is InChI=1S/C14H29BO4/c1-7-16-12(17-8-2)10-9-11-15-18-13(3,4)14(5,6)19-15/h12H,7-11H2,1-6H3. The molecule has 0 atom stereocenters. The van der Waals surface area contributed by atoms with Crippen molar-refractivity contribution in [3.8, 4) is 0 Å². The Morgan fingerprint density at radius 3 is 1.84 bits per heavy atom. The molecule has 19 heavy (non-hydrogen) atoms. The summed E-state index contributed by atoms with van der Waals surface area (Å²) in [5.74, 6) is 0. The van der Waals surface area contributed by atoms with Crippen molar-refractivity contribution in [2.24, 2.45) is 0 Å². The average Bonchev–Trinajstić information content (AvgIpc) is 2.48. The summed E-state index contributed by atoms with van der Waals surface area (Å²) < 4.78 is 23.0. The van der Waals surface area contributed by atoms with Crippen molar-refractivity contribution in [3.63, 3.8) is 0 Å². The van der Waals surface area contributed by atoms with Gasteiger partial charge < -0.3 is 18.8 Å². The van der Waals surface area contributed by atoms with Crippen molar-refractivity contribution in [2.75, 3.05) is 13.2 Å². The first-order valence-electron chi connectivity index (χ1n) is 7.41. The van der Waals surface area contributed by atoms with Crippen LogP contribution in [0.3, 0.4) is 0 Å². The summed E-state index contributed by atoms with van der Waals surface area (Å²) in [6, 6.07) is 0. The average molecular weight is 272 g/mol. The van der Waals surface area contributed by atoms with Crippen LogP contribution in [0.5, 0.6) is 0 Å². The molecule has 1 saturated heterocycles. The van der Waals surface area contributed by atoms with Gasteiger partial charge in [-0.15, -0.1) is 0 Å². The number of hydrogen-bond donors (Lipinski definition) is 0. The van der Waals surface area contributed by atoms with Crippen molar-refractivity contribution in [2.45, 2.75) is 78.2 Å². The molecule has 0 aromatic rings. The SMILES string of the molecule is CCOC(CCCB1OC(C)(C)C(C)(C)O1)OCC. The normalized spacial score (nSPS) is 21.3. The van der Waals surface area contributed by atoms with Crippen LogP contribution in [0.15, 0.2) is 0 Å². The van der Waals surface area contributed by atoms with Crippen LogP contribution in [0.25, 0.3) is 0 Å². The van der Waals surface area contributed by atoms with Gasteiger partial charge in [-0.25, -0.2) is 0 Å². The van der Waals surface area contributed by atoms with Crippen molar-refractivity contribution >= 4 is 7.12 Å². The molecule has 0 aliphatic carbocycles. The lowest BCUT2D eigenvalue weighted by Crippen LogP contribution is -2.41. The van der Waals surface area contributed by atoms with E-state index in [0.29, 0.717) is 13.2 Å². The highest BCUT2D eigenvalue weighted by Gasteiger charge is 2.50. The first-order chi connectivity index (χ1) is 8.82. The zero-order valence-electron chi connectivity index (χ0n) is 13.3. The minimum atomic E-state index is -0.239. The first kappa shape index (κ1) is 17.0. The Balaban J connectivity index is 2.30. The molecule has 0 unspecified atom stereocenters. The van der Waals surface area contributed by atoms with E-state index in [2.05, 4.69) is 27.7 Å². The van der Waals surface area contributed by atoms with Gasteiger partial charge in [0.05, 0.1) is 11.2 Å². The minimum Gasteiger partial charge on any atom is -0.403 e. The lowest BCUT2D eigenvalue weighted by atomic mass is 9.82. The fourth-order valence-electron chi connectivity index (χ4n) is 2.12. The molecule has 0 aromatic carbocycles. The summed E-state index contributed by atoms with van der Waals surface area (Å²) in [7, 11) is -0.117. The molecule has 0 amide bonds. The molecule has 4 nitrogen and oxygen atoms in total. The van der Waals surface area contributed by atoms with Gasteiger partial charge in [0.25, 0.3) is 0 Å². The number of ether oxygens (including phenoxy) is 2.